The zero-order valence-electron chi connectivity index (χ0n) is 21.5. The number of hydrogen-bond donors (Lipinski definition) is 3. The van der Waals surface area contributed by atoms with Crippen molar-refractivity contribution in [1.82, 2.24) is 24.7 Å². The summed E-state index contributed by atoms with van der Waals surface area (Å²) in [5.74, 6) is -0.665. The maximum atomic E-state index is 14.3. The van der Waals surface area contributed by atoms with E-state index in [1.807, 2.05) is 44.2 Å². The lowest BCUT2D eigenvalue weighted by molar-refractivity contribution is -0.0192. The number of rotatable bonds is 9. The fraction of sp³-hybridized carbons (Fsp3) is 0.214. The number of nitrogen functional groups attached to an aromatic ring is 2. The summed E-state index contributed by atoms with van der Waals surface area (Å²) in [5.41, 5.74) is 14.4. The Morgan fingerprint density at radius 3 is 2.38 bits per heavy atom. The molecule has 0 saturated carbocycles. The zero-order valence-corrected chi connectivity index (χ0v) is 21.5. The van der Waals surface area contributed by atoms with Gasteiger partial charge >= 0.3 is 0 Å². The molecule has 0 aliphatic carbocycles. The smallest absolute Gasteiger partial charge is 0.184 e. The fourth-order valence-electron chi connectivity index (χ4n) is 4.09. The number of benzene rings is 2. The van der Waals surface area contributed by atoms with E-state index in [0.29, 0.717) is 35.4 Å². The molecule has 0 atom stereocenters. The Kier molecular flexibility index (Phi) is 7.07. The van der Waals surface area contributed by atoms with E-state index in [-0.39, 0.29) is 35.5 Å². The third kappa shape index (κ3) is 5.78. The van der Waals surface area contributed by atoms with Crippen LogP contribution in [-0.4, -0.2) is 36.9 Å². The lowest BCUT2D eigenvalue weighted by atomic mass is 10.1. The van der Waals surface area contributed by atoms with Gasteiger partial charge in [-0.1, -0.05) is 48.5 Å². The summed E-state index contributed by atoms with van der Waals surface area (Å²) in [6, 6.07) is 17.5. The van der Waals surface area contributed by atoms with Crippen LogP contribution in [0.3, 0.4) is 0 Å². The predicted octanol–water partition coefficient (Wildman–Crippen LogP) is 4.79. The first-order chi connectivity index (χ1) is 18.7. The Bertz CT molecular complexity index is 1600. The van der Waals surface area contributed by atoms with Crippen LogP contribution in [-0.2, 0) is 17.9 Å². The van der Waals surface area contributed by atoms with Gasteiger partial charge in [0.15, 0.2) is 23.1 Å². The minimum absolute atomic E-state index is 0.0739. The first-order valence-corrected chi connectivity index (χ1v) is 12.3. The summed E-state index contributed by atoms with van der Waals surface area (Å²) < 4.78 is 36.0. The molecule has 0 saturated heterocycles. The number of ether oxygens (including phenoxy) is 1. The summed E-state index contributed by atoms with van der Waals surface area (Å²) in [7, 11) is 0. The van der Waals surface area contributed by atoms with E-state index in [2.05, 4.69) is 25.4 Å². The zero-order chi connectivity index (χ0) is 27.6. The summed E-state index contributed by atoms with van der Waals surface area (Å²) in [5, 5.41) is 8.07. The molecular weight excluding hydrogens is 502 g/mol. The Hall–Kier alpha value is -4.64. The number of nitrogens with two attached hydrogens (primary N) is 2. The highest BCUT2D eigenvalue weighted by atomic mass is 19.1. The van der Waals surface area contributed by atoms with Crippen LogP contribution in [0.15, 0.2) is 66.9 Å². The molecule has 3 aromatic heterocycles. The number of fused-ring (bicyclic) bond motifs is 1. The average molecular weight is 531 g/mol. The van der Waals surface area contributed by atoms with Crippen molar-refractivity contribution in [2.45, 2.75) is 32.6 Å². The van der Waals surface area contributed by atoms with Crippen LogP contribution < -0.4 is 16.8 Å². The second-order valence-electron chi connectivity index (χ2n) is 9.70. The van der Waals surface area contributed by atoms with Crippen molar-refractivity contribution in [2.75, 3.05) is 23.3 Å². The third-order valence-corrected chi connectivity index (χ3v) is 6.17. The lowest BCUT2D eigenvalue weighted by Crippen LogP contribution is -2.33. The first-order valence-electron chi connectivity index (χ1n) is 12.3. The minimum Gasteiger partial charge on any atom is -0.382 e. The largest absolute Gasteiger partial charge is 0.382 e. The van der Waals surface area contributed by atoms with E-state index < -0.39 is 11.4 Å². The monoisotopic (exact) mass is 530 g/mol. The summed E-state index contributed by atoms with van der Waals surface area (Å²) in [4.78, 5) is 13.0. The molecule has 0 bridgehead atoms. The normalized spacial score (nSPS) is 11.7. The van der Waals surface area contributed by atoms with Gasteiger partial charge in [0.1, 0.15) is 23.0 Å². The molecule has 200 valence electrons. The van der Waals surface area contributed by atoms with Gasteiger partial charge in [-0.25, -0.2) is 28.4 Å². The number of nitrogens with zero attached hydrogens (tertiary/aromatic N) is 5. The highest BCUT2D eigenvalue weighted by Crippen LogP contribution is 2.31. The van der Waals surface area contributed by atoms with Crippen molar-refractivity contribution in [3.05, 3.63) is 89.6 Å². The molecule has 0 radical (unpaired) electrons. The molecule has 0 unspecified atom stereocenters. The van der Waals surface area contributed by atoms with Crippen molar-refractivity contribution >= 4 is 28.4 Å². The number of pyridine rings is 1. The van der Waals surface area contributed by atoms with E-state index in [9.17, 15) is 8.78 Å². The van der Waals surface area contributed by atoms with Crippen LogP contribution in [0, 0.1) is 11.6 Å². The van der Waals surface area contributed by atoms with Gasteiger partial charge in [-0.2, -0.15) is 5.10 Å². The van der Waals surface area contributed by atoms with Gasteiger partial charge in [0, 0.05) is 12.1 Å². The average Bonchev–Trinajstić information content (AvgIpc) is 3.26. The van der Waals surface area contributed by atoms with Crippen molar-refractivity contribution in [1.29, 1.82) is 0 Å². The van der Waals surface area contributed by atoms with E-state index >= 15 is 0 Å². The SMILES string of the molecule is CC(C)(CNc1c(N)nc(-c2nn(Cc3ccccc3F)c3ncc(F)cc23)nc1N)OCc1ccccc1. The third-order valence-electron chi connectivity index (χ3n) is 6.17. The Balaban J connectivity index is 1.40. The Morgan fingerprint density at radius 2 is 1.67 bits per heavy atom. The van der Waals surface area contributed by atoms with E-state index in [0.717, 1.165) is 11.8 Å². The molecule has 39 heavy (non-hydrogen) atoms. The molecule has 11 heteroatoms. The van der Waals surface area contributed by atoms with Crippen LogP contribution in [0.2, 0.25) is 0 Å². The van der Waals surface area contributed by atoms with Gasteiger partial charge in [-0.3, -0.25) is 0 Å². The standard InChI is InChI=1S/C28H28F2N8O/c1-28(2,39-15-17-8-4-3-5-9-17)16-34-23-24(31)35-26(36-25(23)32)22-20-12-19(29)13-33-27(20)38(37-22)14-18-10-6-7-11-21(18)30/h3-13,34H,14-16H2,1-2H3,(H4,31,32,35,36). The highest BCUT2D eigenvalue weighted by Gasteiger charge is 2.23. The van der Waals surface area contributed by atoms with Crippen molar-refractivity contribution in [3.63, 3.8) is 0 Å². The molecule has 0 aliphatic rings. The number of aromatic nitrogens is 5. The summed E-state index contributed by atoms with van der Waals surface area (Å²) in [6.07, 6.45) is 1.07. The van der Waals surface area contributed by atoms with Gasteiger partial charge in [0.2, 0.25) is 0 Å². The predicted molar refractivity (Wildman–Crippen MR) is 147 cm³/mol. The second kappa shape index (κ2) is 10.6. The first kappa shape index (κ1) is 26.0. The molecular formula is C28H28F2N8O. The van der Waals surface area contributed by atoms with Crippen LogP contribution in [0.25, 0.3) is 22.6 Å². The Morgan fingerprint density at radius 1 is 0.974 bits per heavy atom. The van der Waals surface area contributed by atoms with E-state index in [1.165, 1.54) is 16.8 Å². The topological polar surface area (TPSA) is 130 Å². The number of halogens is 2. The lowest BCUT2D eigenvalue weighted by Gasteiger charge is -2.26. The molecule has 9 nitrogen and oxygen atoms in total. The number of nitrogens with one attached hydrogen (secondary N) is 1. The quantitative estimate of drug-likeness (QED) is 0.248. The second-order valence-corrected chi connectivity index (χ2v) is 9.70. The van der Waals surface area contributed by atoms with Crippen molar-refractivity contribution in [3.8, 4) is 11.5 Å². The van der Waals surface area contributed by atoms with Crippen LogP contribution >= 0.6 is 0 Å². The van der Waals surface area contributed by atoms with Gasteiger partial charge in [0.05, 0.1) is 30.3 Å². The van der Waals surface area contributed by atoms with Crippen molar-refractivity contribution < 1.29 is 13.5 Å². The molecule has 5 rings (SSSR count). The minimum atomic E-state index is -0.564. The molecule has 0 aliphatic heterocycles. The molecule has 0 fully saturated rings. The van der Waals surface area contributed by atoms with Gasteiger partial charge in [-0.15, -0.1) is 0 Å². The molecule has 0 spiro atoms. The maximum Gasteiger partial charge on any atom is 0.184 e. The molecule has 5 N–H and O–H groups in total. The number of anilines is 3. The molecule has 2 aromatic carbocycles. The molecule has 3 heterocycles. The summed E-state index contributed by atoms with van der Waals surface area (Å²) in [6.45, 7) is 4.79. The van der Waals surface area contributed by atoms with Crippen LogP contribution in [0.1, 0.15) is 25.0 Å². The van der Waals surface area contributed by atoms with Gasteiger partial charge in [-0.05, 0) is 31.5 Å². The van der Waals surface area contributed by atoms with Gasteiger partial charge in [0.25, 0.3) is 0 Å². The Labute approximate surface area is 223 Å². The van der Waals surface area contributed by atoms with Crippen LogP contribution in [0.5, 0.6) is 0 Å². The van der Waals surface area contributed by atoms with E-state index in [4.69, 9.17) is 16.2 Å². The summed E-state index contributed by atoms with van der Waals surface area (Å²) >= 11 is 0. The van der Waals surface area contributed by atoms with Crippen LogP contribution in [0.4, 0.5) is 26.1 Å². The number of hydrogen-bond acceptors (Lipinski definition) is 8. The van der Waals surface area contributed by atoms with Crippen molar-refractivity contribution in [2.24, 2.45) is 0 Å². The van der Waals surface area contributed by atoms with E-state index in [1.54, 1.807) is 18.2 Å². The molecule has 0 amide bonds. The molecule has 5 aromatic rings. The van der Waals surface area contributed by atoms with Gasteiger partial charge < -0.3 is 21.5 Å². The highest BCUT2D eigenvalue weighted by molar-refractivity contribution is 5.90. The fourth-order valence-corrected chi connectivity index (χ4v) is 4.09. The maximum absolute atomic E-state index is 14.3.